The van der Waals surface area contributed by atoms with Crippen LogP contribution in [0, 0.1) is 5.41 Å². The van der Waals surface area contributed by atoms with E-state index in [9.17, 15) is 0 Å². The first-order valence-corrected chi connectivity index (χ1v) is 11.8. The topological polar surface area (TPSA) is 0 Å². The molecule has 0 radical (unpaired) electrons. The van der Waals surface area contributed by atoms with Gasteiger partial charge in [0.05, 0.1) is 0 Å². The first-order chi connectivity index (χ1) is 14.2. The monoisotopic (exact) mass is 412 g/mol. The molecule has 0 N–H and O–H groups in total. The molecule has 0 atom stereocenters. The van der Waals surface area contributed by atoms with Crippen LogP contribution in [0.5, 0.6) is 0 Å². The molecule has 2 aliphatic rings. The lowest BCUT2D eigenvalue weighted by Crippen LogP contribution is -2.20. The average Bonchev–Trinajstić information content (AvgIpc) is 3.05. The van der Waals surface area contributed by atoms with Crippen LogP contribution >= 0.6 is 0 Å². The summed E-state index contributed by atoms with van der Waals surface area (Å²) in [6, 6.07) is 14.5. The number of hydrogen-bond acceptors (Lipinski definition) is 0. The molecule has 2 aliphatic carbocycles. The molecule has 2 aromatic carbocycles. The van der Waals surface area contributed by atoms with E-state index >= 15 is 0 Å². The smallest absolute Gasteiger partial charge is 0.0325 e. The Labute approximate surface area is 190 Å². The summed E-state index contributed by atoms with van der Waals surface area (Å²) in [4.78, 5) is 0. The van der Waals surface area contributed by atoms with Gasteiger partial charge < -0.3 is 0 Å². The van der Waals surface area contributed by atoms with Crippen LogP contribution in [0.4, 0.5) is 0 Å². The van der Waals surface area contributed by atoms with Gasteiger partial charge in [-0.3, -0.25) is 0 Å². The molecule has 0 unspecified atom stereocenters. The summed E-state index contributed by atoms with van der Waals surface area (Å²) in [6.45, 7) is 25.8. The van der Waals surface area contributed by atoms with Crippen molar-refractivity contribution in [2.24, 2.45) is 5.41 Å². The lowest BCUT2D eigenvalue weighted by Gasteiger charge is -2.32. The molecule has 0 heterocycles. The highest BCUT2D eigenvalue weighted by Gasteiger charge is 2.43. The van der Waals surface area contributed by atoms with Gasteiger partial charge in [-0.25, -0.2) is 0 Å². The summed E-state index contributed by atoms with van der Waals surface area (Å²) in [5.41, 5.74) is 15.2. The Hall–Kier alpha value is -2.08. The van der Waals surface area contributed by atoms with E-state index in [0.717, 1.165) is 0 Å². The summed E-state index contributed by atoms with van der Waals surface area (Å²) in [7, 11) is 0. The molecule has 0 aliphatic heterocycles. The van der Waals surface area contributed by atoms with Crippen molar-refractivity contribution >= 4 is 0 Å². The summed E-state index contributed by atoms with van der Waals surface area (Å²) in [5.74, 6) is 0.331. The minimum atomic E-state index is 0.0766. The maximum absolute atomic E-state index is 2.51. The number of benzene rings is 2. The maximum atomic E-state index is 2.51. The summed E-state index contributed by atoms with van der Waals surface area (Å²) in [6.07, 6.45) is 0. The summed E-state index contributed by atoms with van der Waals surface area (Å²) < 4.78 is 0. The van der Waals surface area contributed by atoms with E-state index in [4.69, 9.17) is 0 Å². The maximum Gasteiger partial charge on any atom is 0.0325 e. The Morgan fingerprint density at radius 3 is 1.39 bits per heavy atom. The molecule has 2 aromatic rings. The highest BCUT2D eigenvalue weighted by atomic mass is 14.5. The molecule has 0 nitrogen and oxygen atoms in total. The summed E-state index contributed by atoms with van der Waals surface area (Å²) in [5, 5.41) is 0. The zero-order chi connectivity index (χ0) is 23.1. The second-order valence-electron chi connectivity index (χ2n) is 12.5. The number of hydrogen-bond donors (Lipinski definition) is 0. The molecule has 31 heavy (non-hydrogen) atoms. The van der Waals surface area contributed by atoms with Crippen LogP contribution in [0.25, 0.3) is 11.1 Å². The van der Waals surface area contributed by atoms with E-state index in [-0.39, 0.29) is 16.2 Å². The second-order valence-corrected chi connectivity index (χ2v) is 12.5. The fraction of sp³-hybridized carbons (Fsp3) is 0.484. The Kier molecular flexibility index (Phi) is 4.79. The molecule has 0 saturated heterocycles. The van der Waals surface area contributed by atoms with E-state index in [1.807, 2.05) is 0 Å². The van der Waals surface area contributed by atoms with Crippen LogP contribution in [0.15, 0.2) is 58.7 Å². The van der Waals surface area contributed by atoms with E-state index < -0.39 is 0 Å². The molecule has 0 amide bonds. The van der Waals surface area contributed by atoms with E-state index in [0.29, 0.717) is 5.92 Å². The van der Waals surface area contributed by atoms with Gasteiger partial charge in [-0.2, -0.15) is 0 Å². The molecule has 0 heteroatoms. The van der Waals surface area contributed by atoms with Gasteiger partial charge in [0.2, 0.25) is 0 Å². The van der Waals surface area contributed by atoms with E-state index in [2.05, 4.69) is 113 Å². The normalized spacial score (nSPS) is 18.7. The fourth-order valence-corrected chi connectivity index (χ4v) is 5.71. The third-order valence-corrected chi connectivity index (χ3v) is 8.18. The van der Waals surface area contributed by atoms with Gasteiger partial charge in [0.1, 0.15) is 0 Å². The Bertz CT molecular complexity index is 1070. The van der Waals surface area contributed by atoms with Gasteiger partial charge in [0.15, 0.2) is 0 Å². The Balaban J connectivity index is 2.04. The quantitative estimate of drug-likeness (QED) is 0.438. The standard InChI is InChI=1S/C31H40/c1-18-19(2)28(31(10,11)20(18)3)27-25-16-21(29(4,5)6)12-14-23(25)24-15-13-22(17-26(24)27)30(7,8)9/h12-17,27H,1-11H3. The molecule has 0 saturated carbocycles. The van der Waals surface area contributed by atoms with Crippen LogP contribution in [0.2, 0.25) is 0 Å². The Morgan fingerprint density at radius 2 is 1.06 bits per heavy atom. The molecule has 0 spiro atoms. The highest BCUT2D eigenvalue weighted by Crippen LogP contribution is 2.59. The van der Waals surface area contributed by atoms with Gasteiger partial charge in [-0.15, -0.1) is 0 Å². The predicted molar refractivity (Wildman–Crippen MR) is 136 cm³/mol. The van der Waals surface area contributed by atoms with Crippen molar-refractivity contribution in [2.75, 3.05) is 0 Å². The number of allylic oxidation sites excluding steroid dienone is 4. The van der Waals surface area contributed by atoms with E-state index in [1.54, 1.807) is 5.57 Å². The lowest BCUT2D eigenvalue weighted by atomic mass is 9.71. The van der Waals surface area contributed by atoms with Crippen molar-refractivity contribution in [3.8, 4) is 11.1 Å². The van der Waals surface area contributed by atoms with Crippen molar-refractivity contribution in [2.45, 2.75) is 92.9 Å². The van der Waals surface area contributed by atoms with Gasteiger partial charge in [0.25, 0.3) is 0 Å². The zero-order valence-electron chi connectivity index (χ0n) is 21.5. The first kappa shape index (κ1) is 22.1. The van der Waals surface area contributed by atoms with Crippen molar-refractivity contribution in [3.63, 3.8) is 0 Å². The zero-order valence-corrected chi connectivity index (χ0v) is 21.5. The van der Waals surface area contributed by atoms with Crippen molar-refractivity contribution in [1.82, 2.24) is 0 Å². The SMILES string of the molecule is CC1=C(C)C(C)(C)C(C2c3cc(C(C)(C)C)ccc3-c3ccc(C(C)(C)C)cc32)=C1C. The largest absolute Gasteiger partial charge is 0.0604 e. The van der Waals surface area contributed by atoms with Crippen molar-refractivity contribution < 1.29 is 0 Å². The third kappa shape index (κ3) is 3.25. The number of rotatable bonds is 1. The van der Waals surface area contributed by atoms with Gasteiger partial charge in [-0.1, -0.05) is 97.4 Å². The minimum absolute atomic E-state index is 0.0766. The van der Waals surface area contributed by atoms with Gasteiger partial charge in [-0.05, 0) is 81.7 Å². The average molecular weight is 413 g/mol. The Morgan fingerprint density at radius 1 is 0.645 bits per heavy atom. The van der Waals surface area contributed by atoms with Gasteiger partial charge >= 0.3 is 0 Å². The predicted octanol–water partition coefficient (Wildman–Crippen LogP) is 9.09. The minimum Gasteiger partial charge on any atom is -0.0604 e. The molecule has 0 aromatic heterocycles. The van der Waals surface area contributed by atoms with Crippen molar-refractivity contribution in [3.05, 3.63) is 80.9 Å². The lowest BCUT2D eigenvalue weighted by molar-refractivity contribution is 0.518. The fourth-order valence-electron chi connectivity index (χ4n) is 5.71. The third-order valence-electron chi connectivity index (χ3n) is 8.18. The van der Waals surface area contributed by atoms with E-state index in [1.165, 1.54) is 50.1 Å². The molecular weight excluding hydrogens is 372 g/mol. The van der Waals surface area contributed by atoms with Crippen LogP contribution in [-0.2, 0) is 10.8 Å². The highest BCUT2D eigenvalue weighted by molar-refractivity contribution is 5.82. The summed E-state index contributed by atoms with van der Waals surface area (Å²) >= 11 is 0. The number of fused-ring (bicyclic) bond motifs is 3. The second kappa shape index (κ2) is 6.71. The molecular formula is C31H40. The van der Waals surface area contributed by atoms with Crippen molar-refractivity contribution in [1.29, 1.82) is 0 Å². The molecule has 0 fully saturated rings. The van der Waals surface area contributed by atoms with Crippen LogP contribution in [0.3, 0.4) is 0 Å². The molecule has 164 valence electrons. The van der Waals surface area contributed by atoms with Crippen LogP contribution < -0.4 is 0 Å². The van der Waals surface area contributed by atoms with Gasteiger partial charge in [0, 0.05) is 11.3 Å². The molecule has 0 bridgehead atoms. The first-order valence-electron chi connectivity index (χ1n) is 11.8. The van der Waals surface area contributed by atoms with Crippen LogP contribution in [-0.4, -0.2) is 0 Å². The molecule has 4 rings (SSSR count). The van der Waals surface area contributed by atoms with Crippen LogP contribution in [0.1, 0.15) is 104 Å².